The minimum Gasteiger partial charge on any atom is -0.375 e. The van der Waals surface area contributed by atoms with Gasteiger partial charge >= 0.3 is 0 Å². The van der Waals surface area contributed by atoms with Crippen LogP contribution in [-0.2, 0) is 16.1 Å². The molecule has 1 aromatic heterocycles. The number of nitrogens with one attached hydrogen (secondary N) is 2. The average molecular weight is 294 g/mol. The molecule has 0 saturated carbocycles. The highest BCUT2D eigenvalue weighted by molar-refractivity contribution is 5.76. The van der Waals surface area contributed by atoms with E-state index in [0.717, 1.165) is 31.7 Å². The van der Waals surface area contributed by atoms with E-state index in [1.54, 1.807) is 0 Å². The second kappa shape index (κ2) is 7.56. The number of morpholine rings is 1. The first-order chi connectivity index (χ1) is 10.1. The molecule has 1 fully saturated rings. The quantitative estimate of drug-likeness (QED) is 0.758. The van der Waals surface area contributed by atoms with Crippen LogP contribution in [0.5, 0.6) is 0 Å². The SMILES string of the molecule is Cc1nn(CCCNC(=O)CC2CNCCO2)c(C)c1C. The highest BCUT2D eigenvalue weighted by Gasteiger charge is 2.16. The molecule has 21 heavy (non-hydrogen) atoms. The van der Waals surface area contributed by atoms with E-state index in [1.807, 2.05) is 11.6 Å². The van der Waals surface area contributed by atoms with E-state index in [-0.39, 0.29) is 12.0 Å². The summed E-state index contributed by atoms with van der Waals surface area (Å²) in [5.74, 6) is 0.0632. The van der Waals surface area contributed by atoms with Gasteiger partial charge in [-0.3, -0.25) is 9.48 Å². The smallest absolute Gasteiger partial charge is 0.222 e. The molecule has 0 aromatic carbocycles. The molecule has 1 aliphatic heterocycles. The van der Waals surface area contributed by atoms with Gasteiger partial charge in [-0.05, 0) is 32.8 Å². The Morgan fingerprint density at radius 3 is 2.90 bits per heavy atom. The minimum absolute atomic E-state index is 0.0115. The Balaban J connectivity index is 1.64. The van der Waals surface area contributed by atoms with E-state index in [4.69, 9.17) is 4.74 Å². The van der Waals surface area contributed by atoms with Gasteiger partial charge < -0.3 is 15.4 Å². The summed E-state index contributed by atoms with van der Waals surface area (Å²) in [5.41, 5.74) is 3.54. The van der Waals surface area contributed by atoms with Crippen molar-refractivity contribution in [2.24, 2.45) is 0 Å². The van der Waals surface area contributed by atoms with Crippen LogP contribution in [0.1, 0.15) is 29.8 Å². The predicted molar refractivity (Wildman–Crippen MR) is 81.3 cm³/mol. The molecule has 118 valence electrons. The van der Waals surface area contributed by atoms with Crippen molar-refractivity contribution in [3.05, 3.63) is 17.0 Å². The maximum Gasteiger partial charge on any atom is 0.222 e. The van der Waals surface area contributed by atoms with Gasteiger partial charge in [0.1, 0.15) is 0 Å². The van der Waals surface area contributed by atoms with E-state index in [2.05, 4.69) is 29.6 Å². The van der Waals surface area contributed by atoms with Crippen molar-refractivity contribution >= 4 is 5.91 Å². The Morgan fingerprint density at radius 2 is 2.29 bits per heavy atom. The topological polar surface area (TPSA) is 68.2 Å². The van der Waals surface area contributed by atoms with E-state index in [9.17, 15) is 4.79 Å². The summed E-state index contributed by atoms with van der Waals surface area (Å²) >= 11 is 0. The number of carbonyl (C=O) groups is 1. The van der Waals surface area contributed by atoms with Gasteiger partial charge in [-0.25, -0.2) is 0 Å². The number of aromatic nitrogens is 2. The van der Waals surface area contributed by atoms with Gasteiger partial charge in [0.2, 0.25) is 5.91 Å². The minimum atomic E-state index is 0.0115. The molecule has 1 unspecified atom stereocenters. The first kappa shape index (κ1) is 16.0. The summed E-state index contributed by atoms with van der Waals surface area (Å²) in [6, 6.07) is 0. The fourth-order valence-electron chi connectivity index (χ4n) is 2.49. The number of hydrogen-bond donors (Lipinski definition) is 2. The molecule has 2 rings (SSSR count). The maximum atomic E-state index is 11.8. The lowest BCUT2D eigenvalue weighted by Gasteiger charge is -2.23. The van der Waals surface area contributed by atoms with E-state index < -0.39 is 0 Å². The predicted octanol–water partition coefficient (Wildman–Crippen LogP) is 0.693. The monoisotopic (exact) mass is 294 g/mol. The summed E-state index contributed by atoms with van der Waals surface area (Å²) in [5, 5.41) is 10.7. The molecule has 1 aliphatic rings. The molecule has 0 radical (unpaired) electrons. The molecule has 6 nitrogen and oxygen atoms in total. The van der Waals surface area contributed by atoms with Gasteiger partial charge in [0.15, 0.2) is 0 Å². The Morgan fingerprint density at radius 1 is 1.48 bits per heavy atom. The molecule has 1 aromatic rings. The molecule has 0 aliphatic carbocycles. The number of nitrogens with zero attached hydrogens (tertiary/aromatic N) is 2. The zero-order valence-corrected chi connectivity index (χ0v) is 13.2. The number of carbonyl (C=O) groups excluding carboxylic acids is 1. The van der Waals surface area contributed by atoms with Gasteiger partial charge in [0.05, 0.1) is 24.8 Å². The van der Waals surface area contributed by atoms with Gasteiger partial charge in [-0.1, -0.05) is 0 Å². The fourth-order valence-corrected chi connectivity index (χ4v) is 2.49. The van der Waals surface area contributed by atoms with E-state index >= 15 is 0 Å². The van der Waals surface area contributed by atoms with Crippen molar-refractivity contribution in [1.29, 1.82) is 0 Å². The van der Waals surface area contributed by atoms with Gasteiger partial charge in [0.25, 0.3) is 0 Å². The third kappa shape index (κ3) is 4.54. The van der Waals surface area contributed by atoms with Crippen molar-refractivity contribution in [3.8, 4) is 0 Å². The first-order valence-electron chi connectivity index (χ1n) is 7.67. The van der Waals surface area contributed by atoms with Crippen LogP contribution < -0.4 is 10.6 Å². The number of aryl methyl sites for hydroxylation is 2. The van der Waals surface area contributed by atoms with Crippen LogP contribution in [0.25, 0.3) is 0 Å². The molecule has 6 heteroatoms. The van der Waals surface area contributed by atoms with Gasteiger partial charge in [-0.15, -0.1) is 0 Å². The standard InChI is InChI=1S/C15H26N4O2/c1-11-12(2)18-19(13(11)3)7-4-5-17-15(20)9-14-10-16-6-8-21-14/h14,16H,4-10H2,1-3H3,(H,17,20). The molecular formula is C15H26N4O2. The zero-order chi connectivity index (χ0) is 15.2. The largest absolute Gasteiger partial charge is 0.375 e. The molecule has 2 N–H and O–H groups in total. The molecule has 1 amide bonds. The number of amides is 1. The van der Waals surface area contributed by atoms with Crippen LogP contribution in [0.2, 0.25) is 0 Å². The molecule has 0 bridgehead atoms. The van der Waals surface area contributed by atoms with Crippen molar-refractivity contribution in [2.75, 3.05) is 26.2 Å². The average Bonchev–Trinajstić information content (AvgIpc) is 2.72. The van der Waals surface area contributed by atoms with Gasteiger partial charge in [0, 0.05) is 31.9 Å². The fraction of sp³-hybridized carbons (Fsp3) is 0.733. The summed E-state index contributed by atoms with van der Waals surface area (Å²) in [6.45, 7) is 10.0. The second-order valence-electron chi connectivity index (χ2n) is 5.62. The highest BCUT2D eigenvalue weighted by atomic mass is 16.5. The summed E-state index contributed by atoms with van der Waals surface area (Å²) < 4.78 is 7.54. The number of rotatable bonds is 6. The molecule has 1 atom stereocenters. The Labute approximate surface area is 126 Å². The lowest BCUT2D eigenvalue weighted by Crippen LogP contribution is -2.41. The van der Waals surface area contributed by atoms with Crippen LogP contribution in [0.4, 0.5) is 0 Å². The van der Waals surface area contributed by atoms with E-state index in [0.29, 0.717) is 19.6 Å². The third-order valence-electron chi connectivity index (χ3n) is 4.03. The van der Waals surface area contributed by atoms with Crippen LogP contribution in [0, 0.1) is 20.8 Å². The van der Waals surface area contributed by atoms with Crippen LogP contribution >= 0.6 is 0 Å². The summed E-state index contributed by atoms with van der Waals surface area (Å²) in [6.07, 6.45) is 1.33. The van der Waals surface area contributed by atoms with Crippen molar-refractivity contribution < 1.29 is 9.53 Å². The zero-order valence-electron chi connectivity index (χ0n) is 13.2. The number of ether oxygens (including phenoxy) is 1. The molecule has 2 heterocycles. The van der Waals surface area contributed by atoms with Crippen molar-refractivity contribution in [1.82, 2.24) is 20.4 Å². The van der Waals surface area contributed by atoms with E-state index in [1.165, 1.54) is 11.3 Å². The van der Waals surface area contributed by atoms with Crippen LogP contribution in [0.15, 0.2) is 0 Å². The Bertz CT molecular complexity index is 478. The van der Waals surface area contributed by atoms with Crippen molar-refractivity contribution in [2.45, 2.75) is 46.3 Å². The van der Waals surface area contributed by atoms with Crippen LogP contribution in [0.3, 0.4) is 0 Å². The Kier molecular flexibility index (Phi) is 5.76. The third-order valence-corrected chi connectivity index (χ3v) is 4.03. The van der Waals surface area contributed by atoms with Crippen molar-refractivity contribution in [3.63, 3.8) is 0 Å². The first-order valence-corrected chi connectivity index (χ1v) is 7.67. The Hall–Kier alpha value is -1.40. The lowest BCUT2D eigenvalue weighted by molar-refractivity contribution is -0.124. The van der Waals surface area contributed by atoms with Gasteiger partial charge in [-0.2, -0.15) is 5.10 Å². The summed E-state index contributed by atoms with van der Waals surface area (Å²) in [4.78, 5) is 11.8. The normalized spacial score (nSPS) is 18.7. The number of hydrogen-bond acceptors (Lipinski definition) is 4. The maximum absolute atomic E-state index is 11.8. The molecule has 0 spiro atoms. The van der Waals surface area contributed by atoms with Crippen LogP contribution in [-0.4, -0.2) is 48.0 Å². The second-order valence-corrected chi connectivity index (χ2v) is 5.62. The summed E-state index contributed by atoms with van der Waals surface area (Å²) in [7, 11) is 0. The highest BCUT2D eigenvalue weighted by Crippen LogP contribution is 2.11. The lowest BCUT2D eigenvalue weighted by atomic mass is 10.2. The molecule has 1 saturated heterocycles. The molecular weight excluding hydrogens is 268 g/mol.